The van der Waals surface area contributed by atoms with Gasteiger partial charge >= 0.3 is 0 Å². The van der Waals surface area contributed by atoms with Gasteiger partial charge in [-0.15, -0.1) is 0 Å². The normalized spacial score (nSPS) is 37.1. The Hall–Kier alpha value is 0.0500. The van der Waals surface area contributed by atoms with Gasteiger partial charge in [-0.05, 0) is 38.7 Å². The first-order valence-electron chi connectivity index (χ1n) is 3.36. The van der Waals surface area contributed by atoms with Crippen LogP contribution in [-0.2, 0) is 0 Å². The second-order valence-corrected chi connectivity index (χ2v) is 3.24. The highest BCUT2D eigenvalue weighted by atomic mass is 32.1. The molecule has 1 heterocycles. The fourth-order valence-corrected chi connectivity index (χ4v) is 1.57. The first kappa shape index (κ1) is 7.16. The van der Waals surface area contributed by atoms with Crippen molar-refractivity contribution >= 4 is 17.6 Å². The van der Waals surface area contributed by atoms with Crippen molar-refractivity contribution in [3.8, 4) is 0 Å². The van der Waals surface area contributed by atoms with Crippen molar-refractivity contribution in [3.05, 3.63) is 0 Å². The predicted octanol–water partition coefficient (Wildman–Crippen LogP) is 1.47. The van der Waals surface area contributed by atoms with Crippen molar-refractivity contribution in [2.45, 2.75) is 25.3 Å². The summed E-state index contributed by atoms with van der Waals surface area (Å²) in [6, 6.07) is 0. The molecule has 1 fully saturated rings. The molecule has 0 amide bonds. The molecule has 0 aliphatic carbocycles. The number of rotatable bonds is 1. The third-order valence-electron chi connectivity index (χ3n) is 2.30. The molecular weight excluding hydrogens is 130 g/mol. The van der Waals surface area contributed by atoms with Crippen molar-refractivity contribution in [1.82, 2.24) is 4.90 Å². The molecule has 0 aromatic carbocycles. The third-order valence-corrected chi connectivity index (χ3v) is 2.81. The summed E-state index contributed by atoms with van der Waals surface area (Å²) in [6.45, 7) is 3.40. The highest BCUT2D eigenvalue weighted by Crippen LogP contribution is 2.24. The van der Waals surface area contributed by atoms with Gasteiger partial charge in [-0.1, -0.05) is 12.2 Å². The van der Waals surface area contributed by atoms with Crippen LogP contribution in [0.1, 0.15) is 19.8 Å². The van der Waals surface area contributed by atoms with Crippen molar-refractivity contribution < 1.29 is 0 Å². The van der Waals surface area contributed by atoms with Crippen LogP contribution < -0.4 is 0 Å². The van der Waals surface area contributed by atoms with Crippen LogP contribution >= 0.6 is 12.2 Å². The lowest BCUT2D eigenvalue weighted by Gasteiger charge is -2.26. The molecule has 0 N–H and O–H groups in total. The maximum Gasteiger partial charge on any atom is 0.0463 e. The molecule has 1 atom stereocenters. The number of hydrogen-bond donors (Lipinski definition) is 0. The summed E-state index contributed by atoms with van der Waals surface area (Å²) in [5, 5.41) is 1.89. The van der Waals surface area contributed by atoms with E-state index >= 15 is 0 Å². The van der Waals surface area contributed by atoms with E-state index in [4.69, 9.17) is 12.2 Å². The molecule has 2 heteroatoms. The van der Waals surface area contributed by atoms with Crippen molar-refractivity contribution in [2.24, 2.45) is 0 Å². The third kappa shape index (κ3) is 1.14. The molecule has 1 saturated heterocycles. The standard InChI is InChI=1S/C7H13NS/c1-7(6-9)4-3-5-8(7)2/h6H,3-5H2,1-2H3. The zero-order valence-electron chi connectivity index (χ0n) is 6.05. The van der Waals surface area contributed by atoms with E-state index in [0.29, 0.717) is 0 Å². The van der Waals surface area contributed by atoms with Crippen molar-refractivity contribution in [2.75, 3.05) is 13.6 Å². The van der Waals surface area contributed by atoms with Gasteiger partial charge in [0.2, 0.25) is 0 Å². The Morgan fingerprint density at radius 3 is 2.56 bits per heavy atom. The van der Waals surface area contributed by atoms with Gasteiger partial charge < -0.3 is 0 Å². The highest BCUT2D eigenvalue weighted by Gasteiger charge is 2.30. The van der Waals surface area contributed by atoms with Gasteiger partial charge in [-0.2, -0.15) is 0 Å². The van der Waals surface area contributed by atoms with E-state index in [9.17, 15) is 0 Å². The number of likely N-dealkylation sites (tertiary alicyclic amines) is 1. The molecule has 1 unspecified atom stereocenters. The Kier molecular flexibility index (Phi) is 1.87. The molecule has 1 aliphatic rings. The van der Waals surface area contributed by atoms with Crippen LogP contribution in [0.5, 0.6) is 0 Å². The van der Waals surface area contributed by atoms with E-state index in [1.54, 1.807) is 0 Å². The molecule has 52 valence electrons. The van der Waals surface area contributed by atoms with E-state index in [0.717, 1.165) is 0 Å². The van der Waals surface area contributed by atoms with Crippen LogP contribution in [0.25, 0.3) is 0 Å². The quantitative estimate of drug-likeness (QED) is 0.511. The van der Waals surface area contributed by atoms with Crippen LogP contribution in [-0.4, -0.2) is 29.4 Å². The Morgan fingerprint density at radius 1 is 1.67 bits per heavy atom. The zero-order chi connectivity index (χ0) is 6.91. The van der Waals surface area contributed by atoms with E-state index in [1.165, 1.54) is 19.4 Å². The van der Waals surface area contributed by atoms with Gasteiger partial charge in [0.25, 0.3) is 0 Å². The van der Waals surface area contributed by atoms with Gasteiger partial charge in [0.15, 0.2) is 0 Å². The first-order valence-corrected chi connectivity index (χ1v) is 3.84. The summed E-state index contributed by atoms with van der Waals surface area (Å²) < 4.78 is 0. The summed E-state index contributed by atoms with van der Waals surface area (Å²) in [4.78, 5) is 2.32. The minimum absolute atomic E-state index is 0.218. The fraction of sp³-hybridized carbons (Fsp3) is 0.857. The lowest BCUT2D eigenvalue weighted by atomic mass is 10.0. The summed E-state index contributed by atoms with van der Waals surface area (Å²) in [7, 11) is 2.13. The topological polar surface area (TPSA) is 3.24 Å². The maximum absolute atomic E-state index is 4.94. The predicted molar refractivity (Wildman–Crippen MR) is 43.9 cm³/mol. The van der Waals surface area contributed by atoms with Gasteiger partial charge in [-0.3, -0.25) is 4.90 Å². The van der Waals surface area contributed by atoms with Crippen LogP contribution in [0.3, 0.4) is 0 Å². The average molecular weight is 143 g/mol. The van der Waals surface area contributed by atoms with Crippen LogP contribution in [0.2, 0.25) is 0 Å². The molecule has 0 spiro atoms. The van der Waals surface area contributed by atoms with E-state index in [2.05, 4.69) is 18.9 Å². The molecule has 0 saturated carbocycles. The number of thiocarbonyl (C=S) groups is 1. The largest absolute Gasteiger partial charge is 0.297 e. The lowest BCUT2D eigenvalue weighted by molar-refractivity contribution is 0.280. The molecule has 1 aliphatic heterocycles. The monoisotopic (exact) mass is 143 g/mol. The summed E-state index contributed by atoms with van der Waals surface area (Å²) in [5.41, 5.74) is 0.218. The van der Waals surface area contributed by atoms with Crippen LogP contribution in [0, 0.1) is 0 Å². The van der Waals surface area contributed by atoms with E-state index in [1.807, 2.05) is 5.37 Å². The average Bonchev–Trinajstić information content (AvgIpc) is 2.15. The maximum atomic E-state index is 4.94. The van der Waals surface area contributed by atoms with Gasteiger partial charge in [0.1, 0.15) is 0 Å². The van der Waals surface area contributed by atoms with E-state index < -0.39 is 0 Å². The smallest absolute Gasteiger partial charge is 0.0463 e. The fourth-order valence-electron chi connectivity index (χ4n) is 1.27. The van der Waals surface area contributed by atoms with E-state index in [-0.39, 0.29) is 5.54 Å². The molecule has 0 radical (unpaired) electrons. The Morgan fingerprint density at radius 2 is 2.33 bits per heavy atom. The van der Waals surface area contributed by atoms with Crippen molar-refractivity contribution in [3.63, 3.8) is 0 Å². The molecule has 0 aromatic heterocycles. The molecule has 0 bridgehead atoms. The molecule has 1 rings (SSSR count). The SMILES string of the molecule is CN1CCCC1(C)C=S. The summed E-state index contributed by atoms with van der Waals surface area (Å²) in [5.74, 6) is 0. The Labute approximate surface area is 62.0 Å². The number of hydrogen-bond acceptors (Lipinski definition) is 2. The summed E-state index contributed by atoms with van der Waals surface area (Å²) in [6.07, 6.45) is 2.52. The lowest BCUT2D eigenvalue weighted by Crippen LogP contribution is -2.38. The molecule has 1 nitrogen and oxygen atoms in total. The highest BCUT2D eigenvalue weighted by molar-refractivity contribution is 7.79. The number of nitrogens with zero attached hydrogens (tertiary/aromatic N) is 1. The van der Waals surface area contributed by atoms with Crippen molar-refractivity contribution in [1.29, 1.82) is 0 Å². The van der Waals surface area contributed by atoms with Gasteiger partial charge in [0, 0.05) is 5.54 Å². The van der Waals surface area contributed by atoms with Crippen LogP contribution in [0.15, 0.2) is 0 Å². The van der Waals surface area contributed by atoms with Gasteiger partial charge in [-0.25, -0.2) is 0 Å². The van der Waals surface area contributed by atoms with Gasteiger partial charge in [0.05, 0.1) is 0 Å². The Balaban J connectivity index is 2.66. The van der Waals surface area contributed by atoms with Crippen LogP contribution in [0.4, 0.5) is 0 Å². The minimum atomic E-state index is 0.218. The molecule has 9 heavy (non-hydrogen) atoms. The first-order chi connectivity index (χ1) is 4.19. The molecule has 0 aromatic rings. The second kappa shape index (κ2) is 2.35. The minimum Gasteiger partial charge on any atom is -0.297 e. The Bertz CT molecular complexity index is 124. The molecular formula is C7H13NS. The zero-order valence-corrected chi connectivity index (χ0v) is 6.87. The summed E-state index contributed by atoms with van der Waals surface area (Å²) >= 11 is 4.94. The second-order valence-electron chi connectivity index (χ2n) is 3.00.